The average molecular weight is 1190 g/mol. The predicted molar refractivity (Wildman–Crippen MR) is 307 cm³/mol. The van der Waals surface area contributed by atoms with E-state index in [1.807, 2.05) is 30.3 Å². The zero-order valence-electron chi connectivity index (χ0n) is 47.3. The second-order valence-electron chi connectivity index (χ2n) is 21.3. The molecule has 5 aromatic rings. The number of hydrogen-bond donors (Lipinski definition) is 12. The normalized spacial score (nSPS) is 20.5. The van der Waals surface area contributed by atoms with Gasteiger partial charge in [0.15, 0.2) is 17.9 Å². The number of amides is 5. The SMILES string of the molecule is COc1cccc2c1C(=O)c1c(O)c3c(c(O)c1C2=O)C[C@@](O)(C(=O)CO)C[C@@H]3O[C@H]1C[C@H](NC(=O)OCc2ccc(NC(=O)OCc3ccc(NC(=O)[C@H](CCCCN)NC(=O)[C@H](Cc4ccccc4)NC(=O)[C@H](C)N)cc3)cc2)[C@H](O)[C@H](C)O1. The Kier molecular flexibility index (Phi) is 20.5. The number of phenols is 2. The van der Waals surface area contributed by atoms with Crippen LogP contribution in [0, 0.1) is 0 Å². The maximum Gasteiger partial charge on any atom is 0.411 e. The molecule has 3 aliphatic rings. The molecule has 0 saturated carbocycles. The van der Waals surface area contributed by atoms with Gasteiger partial charge in [0.1, 0.15) is 60.9 Å². The van der Waals surface area contributed by atoms with Crippen molar-refractivity contribution >= 4 is 58.6 Å². The molecule has 25 nitrogen and oxygen atoms in total. The summed E-state index contributed by atoms with van der Waals surface area (Å²) < 4.78 is 28.4. The smallest absolute Gasteiger partial charge is 0.411 e. The minimum atomic E-state index is -2.41. The number of benzene rings is 5. The van der Waals surface area contributed by atoms with E-state index in [-0.39, 0.29) is 60.5 Å². The number of aromatic hydroxyl groups is 2. The zero-order chi connectivity index (χ0) is 62.0. The van der Waals surface area contributed by atoms with Gasteiger partial charge >= 0.3 is 12.2 Å². The molecule has 456 valence electrons. The van der Waals surface area contributed by atoms with Gasteiger partial charge in [0.05, 0.1) is 48.1 Å². The van der Waals surface area contributed by atoms with E-state index in [0.717, 1.165) is 5.56 Å². The molecule has 0 aromatic heterocycles. The maximum absolute atomic E-state index is 14.1. The lowest BCUT2D eigenvalue weighted by Gasteiger charge is -2.42. The quantitative estimate of drug-likeness (QED) is 0.0323. The number of rotatable bonds is 23. The van der Waals surface area contributed by atoms with Crippen LogP contribution in [0.1, 0.15) is 112 Å². The largest absolute Gasteiger partial charge is 0.507 e. The first-order valence-corrected chi connectivity index (χ1v) is 27.8. The van der Waals surface area contributed by atoms with E-state index in [0.29, 0.717) is 41.9 Å². The van der Waals surface area contributed by atoms with Crippen molar-refractivity contribution in [3.63, 3.8) is 0 Å². The molecule has 14 N–H and O–H groups in total. The van der Waals surface area contributed by atoms with Crippen LogP contribution < -0.4 is 42.8 Å². The number of fused-ring (bicyclic) bond motifs is 3. The number of Topliss-reactive ketones (excluding diaryl/α,β-unsaturated/α-hetero) is 1. The van der Waals surface area contributed by atoms with E-state index in [2.05, 4.69) is 26.6 Å². The number of nitrogens with two attached hydrogens (primary N) is 2. The molecule has 1 heterocycles. The van der Waals surface area contributed by atoms with Crippen LogP contribution in [0.5, 0.6) is 17.2 Å². The van der Waals surface area contributed by atoms with E-state index in [1.165, 1.54) is 39.2 Å². The van der Waals surface area contributed by atoms with Crippen molar-refractivity contribution < 1.29 is 87.6 Å². The highest BCUT2D eigenvalue weighted by Crippen LogP contribution is 2.52. The predicted octanol–water partition coefficient (Wildman–Crippen LogP) is 3.34. The Bertz CT molecular complexity index is 3340. The van der Waals surface area contributed by atoms with Crippen LogP contribution in [0.3, 0.4) is 0 Å². The summed E-state index contributed by atoms with van der Waals surface area (Å²) in [5.74, 6) is -5.88. The van der Waals surface area contributed by atoms with Crippen molar-refractivity contribution in [3.8, 4) is 17.2 Å². The molecule has 1 saturated heterocycles. The third-order valence-corrected chi connectivity index (χ3v) is 15.1. The second-order valence-corrected chi connectivity index (χ2v) is 21.3. The van der Waals surface area contributed by atoms with Gasteiger partial charge < -0.3 is 82.0 Å². The van der Waals surface area contributed by atoms with Crippen molar-refractivity contribution in [2.75, 3.05) is 30.9 Å². The topological polar surface area (TPSA) is 396 Å². The Morgan fingerprint density at radius 2 is 1.37 bits per heavy atom. The number of carbonyl (C=O) groups excluding carboxylic acids is 8. The fourth-order valence-electron chi connectivity index (χ4n) is 10.5. The van der Waals surface area contributed by atoms with Crippen LogP contribution in [-0.4, -0.2) is 141 Å². The number of anilines is 2. The first-order chi connectivity index (χ1) is 41.1. The van der Waals surface area contributed by atoms with Crippen LogP contribution in [0.2, 0.25) is 0 Å². The highest BCUT2D eigenvalue weighted by Gasteiger charge is 2.50. The van der Waals surface area contributed by atoms with Gasteiger partial charge in [-0.1, -0.05) is 66.7 Å². The third-order valence-electron chi connectivity index (χ3n) is 15.1. The Morgan fingerprint density at radius 3 is 2.00 bits per heavy atom. The van der Waals surface area contributed by atoms with Crippen LogP contribution >= 0.6 is 0 Å². The fourth-order valence-corrected chi connectivity index (χ4v) is 10.5. The standard InChI is InChI=1S/C61H69N7O18/c1-31(63)56(76)67-42(24-33-10-5-4-6-11-33)58(78)66-40(13-7-8-23-62)57(77)64-36-19-15-34(16-20-36)29-83-59(79)65-37-21-17-35(18-22-37)30-84-60(80)68-41-25-46(85-32(2)51(41)71)86-44-27-61(81,45(70)28-69)26-39-48(44)55(75)50-49(53(39)73)52(72)38-12-9-14-43(82-3)47(38)54(50)74/h4-6,9-12,14-22,31-32,40-42,44,46,51,69,71,73,75,81H,7-8,13,23-30,62-63H2,1-3H3,(H,64,77)(H,65,79)(H,66,78)(H,67,76)(H,68,80)/t31-,32-,40-,41-,42-,44-,46-,51+,61-/m0/s1. The first-order valence-electron chi connectivity index (χ1n) is 27.8. The van der Waals surface area contributed by atoms with Crippen LogP contribution in [0.15, 0.2) is 97.1 Å². The summed E-state index contributed by atoms with van der Waals surface area (Å²) in [5, 5.41) is 69.7. The lowest BCUT2D eigenvalue weighted by molar-refractivity contribution is -0.249. The number of phenolic OH excluding ortho intramolecular Hbond substituents is 2. The number of alkyl carbamates (subject to hydrolysis) is 1. The lowest BCUT2D eigenvalue weighted by atomic mass is 9.72. The van der Waals surface area contributed by atoms with Crippen LogP contribution in [0.25, 0.3) is 0 Å². The Morgan fingerprint density at radius 1 is 0.744 bits per heavy atom. The molecule has 9 atom stereocenters. The third kappa shape index (κ3) is 14.6. The summed E-state index contributed by atoms with van der Waals surface area (Å²) in [5.41, 5.74) is 9.76. The number of ketones is 3. The van der Waals surface area contributed by atoms with Gasteiger partial charge in [-0.2, -0.15) is 0 Å². The summed E-state index contributed by atoms with van der Waals surface area (Å²) in [6.45, 7) is 1.86. The summed E-state index contributed by atoms with van der Waals surface area (Å²) in [6, 6.07) is 22.2. The molecule has 0 radical (unpaired) electrons. The number of carbonyl (C=O) groups is 8. The molecule has 5 amide bonds. The van der Waals surface area contributed by atoms with Crippen molar-refractivity contribution in [1.29, 1.82) is 0 Å². The fraction of sp³-hybridized carbons (Fsp3) is 0.377. The van der Waals surface area contributed by atoms with Gasteiger partial charge in [0.2, 0.25) is 23.5 Å². The van der Waals surface area contributed by atoms with Crippen LogP contribution in [-0.2, 0) is 64.2 Å². The van der Waals surface area contributed by atoms with Crippen molar-refractivity contribution in [2.24, 2.45) is 11.5 Å². The van der Waals surface area contributed by atoms with Crippen molar-refractivity contribution in [1.82, 2.24) is 16.0 Å². The molecule has 86 heavy (non-hydrogen) atoms. The maximum atomic E-state index is 14.1. The minimum absolute atomic E-state index is 0.0288. The summed E-state index contributed by atoms with van der Waals surface area (Å²) in [7, 11) is 1.29. The number of ether oxygens (including phenoxy) is 5. The number of nitrogens with one attached hydrogen (secondary N) is 5. The highest BCUT2D eigenvalue weighted by molar-refractivity contribution is 6.31. The number of hydrogen-bond acceptors (Lipinski definition) is 20. The second kappa shape index (κ2) is 27.9. The molecule has 0 bridgehead atoms. The minimum Gasteiger partial charge on any atom is -0.507 e. The van der Waals surface area contributed by atoms with E-state index in [1.54, 1.807) is 48.5 Å². The Labute approximate surface area is 493 Å². The van der Waals surface area contributed by atoms with Crippen LogP contribution in [0.4, 0.5) is 21.0 Å². The molecule has 25 heteroatoms. The highest BCUT2D eigenvalue weighted by atomic mass is 16.7. The molecule has 8 rings (SSSR count). The van der Waals surface area contributed by atoms with Crippen molar-refractivity contribution in [2.45, 2.75) is 126 Å². The van der Waals surface area contributed by atoms with Gasteiger partial charge in [0, 0.05) is 53.7 Å². The van der Waals surface area contributed by atoms with E-state index >= 15 is 0 Å². The molecule has 2 aliphatic carbocycles. The van der Waals surface area contributed by atoms with Gasteiger partial charge in [-0.15, -0.1) is 0 Å². The lowest BCUT2D eigenvalue weighted by Crippen LogP contribution is -2.56. The number of aliphatic hydroxyl groups is 3. The molecular formula is C61H69N7O18. The molecular weight excluding hydrogens is 1120 g/mol. The monoisotopic (exact) mass is 1190 g/mol. The van der Waals surface area contributed by atoms with E-state index in [4.69, 9.17) is 35.2 Å². The number of methoxy groups -OCH3 is 1. The van der Waals surface area contributed by atoms with Crippen molar-refractivity contribution in [3.05, 3.63) is 147 Å². The van der Waals surface area contributed by atoms with E-state index in [9.17, 15) is 63.9 Å². The molecule has 0 spiro atoms. The van der Waals surface area contributed by atoms with Gasteiger partial charge in [-0.3, -0.25) is 34.1 Å². The van der Waals surface area contributed by atoms with Gasteiger partial charge in [-0.25, -0.2) is 9.59 Å². The number of unbranched alkanes of at least 4 members (excludes halogenated alkanes) is 1. The zero-order valence-corrected chi connectivity index (χ0v) is 47.3. The Hall–Kier alpha value is -8.82. The molecule has 5 aromatic carbocycles. The average Bonchev–Trinajstić information content (AvgIpc) is 0.743. The molecule has 1 aliphatic heterocycles. The number of aliphatic hydroxyl groups excluding tert-OH is 2. The molecule has 0 unspecified atom stereocenters. The first kappa shape index (κ1) is 63.2. The summed E-state index contributed by atoms with van der Waals surface area (Å²) in [4.78, 5) is 107. The summed E-state index contributed by atoms with van der Waals surface area (Å²) in [6.07, 6.45) is -6.96. The van der Waals surface area contributed by atoms with E-state index < -0.39 is 144 Å². The summed E-state index contributed by atoms with van der Waals surface area (Å²) >= 11 is 0. The van der Waals surface area contributed by atoms with Gasteiger partial charge in [-0.05, 0) is 86.7 Å². The Balaban J connectivity index is 0.829. The van der Waals surface area contributed by atoms with Gasteiger partial charge in [0.25, 0.3) is 0 Å². The molecule has 1 fully saturated rings.